The Balaban J connectivity index is 1.49. The third-order valence-electron chi connectivity index (χ3n) is 7.21. The second kappa shape index (κ2) is 15.9. The zero-order chi connectivity index (χ0) is 30.6. The van der Waals surface area contributed by atoms with Crippen molar-refractivity contribution in [3.63, 3.8) is 0 Å². The van der Waals surface area contributed by atoms with Crippen LogP contribution in [0.1, 0.15) is 56.6 Å². The van der Waals surface area contributed by atoms with Crippen molar-refractivity contribution in [2.75, 3.05) is 26.9 Å². The Morgan fingerprint density at radius 3 is 2.07 bits per heavy atom. The molecule has 3 atom stereocenters. The SMILES string of the molecule is COC(=O)[C@H](CO)NC(=O)[C@H](CCCCNC(=O)OCC1c2ccccc2-c2ccccc21)NC(=O)[C@@H](N)CC(C)C. The summed E-state index contributed by atoms with van der Waals surface area (Å²) >= 11 is 0. The van der Waals surface area contributed by atoms with Gasteiger partial charge in [0.1, 0.15) is 12.6 Å². The van der Waals surface area contributed by atoms with E-state index in [9.17, 15) is 24.3 Å². The molecule has 3 amide bonds. The summed E-state index contributed by atoms with van der Waals surface area (Å²) in [6.45, 7) is 3.71. The van der Waals surface area contributed by atoms with Crippen molar-refractivity contribution in [2.24, 2.45) is 11.7 Å². The summed E-state index contributed by atoms with van der Waals surface area (Å²) in [5, 5.41) is 17.3. The number of fused-ring (bicyclic) bond motifs is 3. The molecule has 0 saturated carbocycles. The topological polar surface area (TPSA) is 169 Å². The summed E-state index contributed by atoms with van der Waals surface area (Å²) in [6, 6.07) is 13.1. The van der Waals surface area contributed by atoms with Crippen LogP contribution in [-0.2, 0) is 23.9 Å². The van der Waals surface area contributed by atoms with Gasteiger partial charge in [0.25, 0.3) is 0 Å². The first-order chi connectivity index (χ1) is 20.2. The van der Waals surface area contributed by atoms with Gasteiger partial charge in [-0.05, 0) is 53.9 Å². The van der Waals surface area contributed by atoms with Gasteiger partial charge in [-0.1, -0.05) is 62.4 Å². The third-order valence-corrected chi connectivity index (χ3v) is 7.21. The fraction of sp³-hybridized carbons (Fsp3) is 0.484. The molecule has 0 unspecified atom stereocenters. The number of benzene rings is 2. The van der Waals surface area contributed by atoms with Crippen LogP contribution in [-0.4, -0.2) is 74.0 Å². The number of unbranched alkanes of at least 4 members (excludes halogenated alkanes) is 1. The number of aliphatic hydroxyl groups excluding tert-OH is 1. The van der Waals surface area contributed by atoms with Crippen molar-refractivity contribution in [1.82, 2.24) is 16.0 Å². The number of aliphatic hydroxyl groups is 1. The Morgan fingerprint density at radius 2 is 1.50 bits per heavy atom. The van der Waals surface area contributed by atoms with E-state index >= 15 is 0 Å². The predicted octanol–water partition coefficient (Wildman–Crippen LogP) is 2.20. The lowest BCUT2D eigenvalue weighted by Gasteiger charge is -2.23. The van der Waals surface area contributed by atoms with Crippen LogP contribution in [0.4, 0.5) is 4.79 Å². The zero-order valence-corrected chi connectivity index (χ0v) is 24.4. The van der Waals surface area contributed by atoms with E-state index in [-0.39, 0.29) is 24.9 Å². The maximum Gasteiger partial charge on any atom is 0.407 e. The van der Waals surface area contributed by atoms with Crippen molar-refractivity contribution in [3.8, 4) is 11.1 Å². The molecule has 228 valence electrons. The van der Waals surface area contributed by atoms with Gasteiger partial charge < -0.3 is 36.3 Å². The van der Waals surface area contributed by atoms with E-state index in [4.69, 9.17) is 10.5 Å². The monoisotopic (exact) mass is 582 g/mol. The second-order valence-corrected chi connectivity index (χ2v) is 10.8. The Labute approximate surface area is 246 Å². The molecule has 0 bridgehead atoms. The van der Waals surface area contributed by atoms with Gasteiger partial charge in [0.15, 0.2) is 6.04 Å². The number of hydrogen-bond donors (Lipinski definition) is 5. The van der Waals surface area contributed by atoms with Gasteiger partial charge in [-0.3, -0.25) is 9.59 Å². The highest BCUT2D eigenvalue weighted by atomic mass is 16.5. The number of carbonyl (C=O) groups is 4. The molecule has 2 aromatic rings. The van der Waals surface area contributed by atoms with Crippen molar-refractivity contribution in [2.45, 2.75) is 63.6 Å². The molecule has 3 rings (SSSR count). The maximum absolute atomic E-state index is 12.9. The molecule has 1 aliphatic carbocycles. The average Bonchev–Trinajstić information content (AvgIpc) is 3.30. The molecular weight excluding hydrogens is 540 g/mol. The van der Waals surface area contributed by atoms with Gasteiger partial charge in [-0.25, -0.2) is 9.59 Å². The molecule has 2 aromatic carbocycles. The van der Waals surface area contributed by atoms with Gasteiger partial charge in [-0.15, -0.1) is 0 Å². The molecule has 0 heterocycles. The van der Waals surface area contributed by atoms with E-state index in [1.807, 2.05) is 38.1 Å². The van der Waals surface area contributed by atoms with Crippen molar-refractivity contribution >= 4 is 23.9 Å². The number of methoxy groups -OCH3 is 1. The normalized spacial score (nSPS) is 14.2. The number of nitrogens with two attached hydrogens (primary N) is 1. The Morgan fingerprint density at radius 1 is 0.905 bits per heavy atom. The third kappa shape index (κ3) is 8.77. The van der Waals surface area contributed by atoms with Crippen molar-refractivity contribution in [1.29, 1.82) is 0 Å². The van der Waals surface area contributed by atoms with Gasteiger partial charge in [0.2, 0.25) is 11.8 Å². The quantitative estimate of drug-likeness (QED) is 0.157. The molecule has 0 aliphatic heterocycles. The molecule has 1 aliphatic rings. The average molecular weight is 583 g/mol. The number of esters is 1. The summed E-state index contributed by atoms with van der Waals surface area (Å²) in [5.74, 6) is -1.80. The van der Waals surface area contributed by atoms with Crippen LogP contribution in [0.3, 0.4) is 0 Å². The predicted molar refractivity (Wildman–Crippen MR) is 157 cm³/mol. The van der Waals surface area contributed by atoms with Crippen LogP contribution in [0, 0.1) is 5.92 Å². The fourth-order valence-electron chi connectivity index (χ4n) is 5.07. The van der Waals surface area contributed by atoms with E-state index in [1.165, 1.54) is 0 Å². The van der Waals surface area contributed by atoms with Crippen LogP contribution in [0.5, 0.6) is 0 Å². The molecule has 42 heavy (non-hydrogen) atoms. The molecule has 0 saturated heterocycles. The van der Waals surface area contributed by atoms with Crippen LogP contribution in [0.25, 0.3) is 11.1 Å². The first-order valence-corrected chi connectivity index (χ1v) is 14.3. The number of hydrogen-bond acceptors (Lipinski definition) is 8. The standard InChI is InChI=1S/C31H42N4O7/c1-19(2)16-25(32)28(37)34-26(29(38)35-27(17-36)30(39)41-3)14-8-9-15-33-31(40)42-18-24-22-12-6-4-10-20(22)21-11-5-7-13-23(21)24/h4-7,10-13,19,24-27,36H,8-9,14-18,32H2,1-3H3,(H,33,40)(H,34,37)(H,35,38)/t25-,26-,27-/m0/s1. The summed E-state index contributed by atoms with van der Waals surface area (Å²) in [4.78, 5) is 49.8. The highest BCUT2D eigenvalue weighted by molar-refractivity contribution is 5.92. The number of rotatable bonds is 15. The smallest absolute Gasteiger partial charge is 0.407 e. The van der Waals surface area contributed by atoms with E-state index in [0.29, 0.717) is 25.8 Å². The summed E-state index contributed by atoms with van der Waals surface area (Å²) in [5.41, 5.74) is 10.5. The number of ether oxygens (including phenoxy) is 2. The van der Waals surface area contributed by atoms with Crippen LogP contribution < -0.4 is 21.7 Å². The number of carbonyl (C=O) groups excluding carboxylic acids is 4. The molecule has 11 heteroatoms. The summed E-state index contributed by atoms with van der Waals surface area (Å²) in [7, 11) is 1.14. The van der Waals surface area contributed by atoms with Crippen LogP contribution in [0.2, 0.25) is 0 Å². The first kappa shape index (κ1) is 32.6. The van der Waals surface area contributed by atoms with E-state index in [0.717, 1.165) is 29.4 Å². The summed E-state index contributed by atoms with van der Waals surface area (Å²) in [6.07, 6.45) is 1.08. The first-order valence-electron chi connectivity index (χ1n) is 14.3. The minimum absolute atomic E-state index is 0.0409. The van der Waals surface area contributed by atoms with Crippen LogP contribution in [0.15, 0.2) is 48.5 Å². The lowest BCUT2D eigenvalue weighted by atomic mass is 9.98. The number of amides is 3. The van der Waals surface area contributed by atoms with E-state index in [2.05, 4.69) is 45.0 Å². The Bertz CT molecular complexity index is 1190. The molecule has 0 radical (unpaired) electrons. The Kier molecular flexibility index (Phi) is 12.3. The largest absolute Gasteiger partial charge is 0.467 e. The van der Waals surface area contributed by atoms with Crippen LogP contribution >= 0.6 is 0 Å². The highest BCUT2D eigenvalue weighted by Gasteiger charge is 2.30. The second-order valence-electron chi connectivity index (χ2n) is 10.8. The van der Waals surface area contributed by atoms with E-state index in [1.54, 1.807) is 0 Å². The lowest BCUT2D eigenvalue weighted by Crippen LogP contribution is -2.55. The minimum atomic E-state index is -1.26. The maximum atomic E-state index is 12.9. The van der Waals surface area contributed by atoms with Gasteiger partial charge in [0, 0.05) is 12.5 Å². The summed E-state index contributed by atoms with van der Waals surface area (Å²) < 4.78 is 10.1. The lowest BCUT2D eigenvalue weighted by molar-refractivity contribution is -0.146. The molecule has 0 aromatic heterocycles. The van der Waals surface area contributed by atoms with Gasteiger partial charge in [0.05, 0.1) is 19.8 Å². The fourth-order valence-corrected chi connectivity index (χ4v) is 5.07. The van der Waals surface area contributed by atoms with Gasteiger partial charge in [-0.2, -0.15) is 0 Å². The molecular formula is C31H42N4O7. The molecule has 0 spiro atoms. The van der Waals surface area contributed by atoms with Gasteiger partial charge >= 0.3 is 12.1 Å². The van der Waals surface area contributed by atoms with E-state index < -0.39 is 48.6 Å². The molecule has 0 fully saturated rings. The number of alkyl carbamates (subject to hydrolysis) is 1. The molecule has 11 nitrogen and oxygen atoms in total. The molecule has 6 N–H and O–H groups in total. The van der Waals surface area contributed by atoms with Crippen molar-refractivity contribution < 1.29 is 33.8 Å². The van der Waals surface area contributed by atoms with Crippen molar-refractivity contribution in [3.05, 3.63) is 59.7 Å². The minimum Gasteiger partial charge on any atom is -0.467 e. The number of nitrogens with one attached hydrogen (secondary N) is 3. The zero-order valence-electron chi connectivity index (χ0n) is 24.4. The highest BCUT2D eigenvalue weighted by Crippen LogP contribution is 2.44. The Hall–Kier alpha value is -3.96.